The molecule has 1 aliphatic heterocycles. The molecule has 1 amide bonds. The van der Waals surface area contributed by atoms with E-state index in [2.05, 4.69) is 5.32 Å². The number of nitrogens with one attached hydrogen (secondary N) is 1. The monoisotopic (exact) mass is 250 g/mol. The highest BCUT2D eigenvalue weighted by atomic mass is 19.1. The Bertz CT molecular complexity index is 486. The summed E-state index contributed by atoms with van der Waals surface area (Å²) in [5.41, 5.74) is 7.36. The number of ether oxygens (including phenoxy) is 1. The van der Waals surface area contributed by atoms with E-state index in [9.17, 15) is 9.18 Å². The molecule has 0 bridgehead atoms. The molecule has 1 aliphatic rings. The van der Waals surface area contributed by atoms with Crippen LogP contribution in [0, 0.1) is 0 Å². The minimum atomic E-state index is -0.0610. The molecule has 0 fully saturated rings. The van der Waals surface area contributed by atoms with Crippen LogP contribution < -0.4 is 15.8 Å². The fraction of sp³-hybridized carbons (Fsp3) is 0.308. The van der Waals surface area contributed by atoms with Crippen molar-refractivity contribution in [3.8, 4) is 5.75 Å². The maximum atomic E-state index is 12.3. The van der Waals surface area contributed by atoms with Crippen LogP contribution >= 0.6 is 0 Å². The lowest BCUT2D eigenvalue weighted by atomic mass is 10.0. The zero-order valence-electron chi connectivity index (χ0n) is 9.91. The molecule has 1 heterocycles. The van der Waals surface area contributed by atoms with E-state index in [0.29, 0.717) is 29.8 Å². The van der Waals surface area contributed by atoms with E-state index in [1.807, 2.05) is 6.07 Å². The fourth-order valence-corrected chi connectivity index (χ4v) is 1.81. The molecule has 18 heavy (non-hydrogen) atoms. The van der Waals surface area contributed by atoms with Crippen LogP contribution in [0.15, 0.2) is 30.1 Å². The number of fused-ring (bicyclic) bond motifs is 1. The molecule has 0 aliphatic carbocycles. The molecule has 5 heteroatoms. The zero-order valence-corrected chi connectivity index (χ0v) is 9.91. The highest BCUT2D eigenvalue weighted by Crippen LogP contribution is 2.21. The van der Waals surface area contributed by atoms with E-state index in [1.165, 1.54) is 0 Å². The Morgan fingerprint density at radius 1 is 1.56 bits per heavy atom. The van der Waals surface area contributed by atoms with Gasteiger partial charge in [-0.3, -0.25) is 4.79 Å². The maximum Gasteiger partial charge on any atom is 0.251 e. The molecule has 0 saturated carbocycles. The summed E-state index contributed by atoms with van der Waals surface area (Å²) < 4.78 is 17.7. The van der Waals surface area contributed by atoms with Gasteiger partial charge in [0.15, 0.2) is 0 Å². The Labute approximate surface area is 105 Å². The molecule has 2 rings (SSSR count). The summed E-state index contributed by atoms with van der Waals surface area (Å²) >= 11 is 0. The van der Waals surface area contributed by atoms with Crippen molar-refractivity contribution >= 4 is 5.91 Å². The number of nitrogens with two attached hydrogens (primary N) is 1. The third-order valence-electron chi connectivity index (χ3n) is 2.84. The number of hydrogen-bond donors (Lipinski definition) is 2. The molecule has 0 unspecified atom stereocenters. The summed E-state index contributed by atoms with van der Waals surface area (Å²) in [5.74, 6) is 0.561. The number of rotatable bonds is 4. The molecule has 0 saturated heterocycles. The van der Waals surface area contributed by atoms with Crippen molar-refractivity contribution in [1.29, 1.82) is 0 Å². The molecule has 96 valence electrons. The molecule has 3 N–H and O–H groups in total. The molecule has 0 aromatic heterocycles. The second kappa shape index (κ2) is 5.64. The van der Waals surface area contributed by atoms with E-state index in [1.54, 1.807) is 12.1 Å². The second-order valence-electron chi connectivity index (χ2n) is 4.09. The van der Waals surface area contributed by atoms with Gasteiger partial charge in [0, 0.05) is 24.2 Å². The third kappa shape index (κ3) is 2.68. The van der Waals surface area contributed by atoms with Crippen molar-refractivity contribution in [2.75, 3.05) is 19.7 Å². The van der Waals surface area contributed by atoms with E-state index in [0.717, 1.165) is 12.0 Å². The summed E-state index contributed by atoms with van der Waals surface area (Å²) in [6.07, 6.45) is 1.24. The molecule has 0 atom stereocenters. The highest BCUT2D eigenvalue weighted by Gasteiger charge is 2.16. The maximum absolute atomic E-state index is 12.3. The smallest absolute Gasteiger partial charge is 0.251 e. The highest BCUT2D eigenvalue weighted by molar-refractivity contribution is 5.96. The number of carbonyl (C=O) groups excluding carboxylic acids is 1. The van der Waals surface area contributed by atoms with Crippen molar-refractivity contribution in [3.05, 3.63) is 41.2 Å². The van der Waals surface area contributed by atoms with Gasteiger partial charge in [-0.15, -0.1) is 0 Å². The molecule has 0 spiro atoms. The Morgan fingerprint density at radius 3 is 3.11 bits per heavy atom. The van der Waals surface area contributed by atoms with E-state index in [-0.39, 0.29) is 19.1 Å². The van der Waals surface area contributed by atoms with E-state index in [4.69, 9.17) is 10.5 Å². The number of amides is 1. The second-order valence-corrected chi connectivity index (χ2v) is 4.09. The summed E-state index contributed by atoms with van der Waals surface area (Å²) in [5, 5.41) is 2.77. The van der Waals surface area contributed by atoms with Crippen LogP contribution in [0.2, 0.25) is 0 Å². The molecular formula is C13H15FN2O2. The van der Waals surface area contributed by atoms with Crippen LogP contribution in [0.4, 0.5) is 4.39 Å². The van der Waals surface area contributed by atoms with Gasteiger partial charge in [0.25, 0.3) is 5.91 Å². The average molecular weight is 250 g/mol. The van der Waals surface area contributed by atoms with Gasteiger partial charge in [-0.2, -0.15) is 0 Å². The summed E-state index contributed by atoms with van der Waals surface area (Å²) in [7, 11) is 0. The molecule has 1 aromatic carbocycles. The summed E-state index contributed by atoms with van der Waals surface area (Å²) in [4.78, 5) is 11.5. The Balaban J connectivity index is 2.09. The van der Waals surface area contributed by atoms with Gasteiger partial charge in [0.05, 0.1) is 6.33 Å². The first-order valence-electron chi connectivity index (χ1n) is 5.76. The van der Waals surface area contributed by atoms with E-state index >= 15 is 0 Å². The Hall–Kier alpha value is -1.88. The topological polar surface area (TPSA) is 64.3 Å². The molecule has 1 aromatic rings. The first kappa shape index (κ1) is 12.6. The average Bonchev–Trinajstić information content (AvgIpc) is 2.40. The van der Waals surface area contributed by atoms with Gasteiger partial charge >= 0.3 is 0 Å². The van der Waals surface area contributed by atoms with Crippen LogP contribution in [-0.4, -0.2) is 25.6 Å². The number of carbonyl (C=O) groups is 1. The van der Waals surface area contributed by atoms with Crippen molar-refractivity contribution in [3.63, 3.8) is 0 Å². The SMILES string of the molecule is NCC(=CF)COc1ccc2c(c1)CCNC2=O. The van der Waals surface area contributed by atoms with Crippen LogP contribution in [0.5, 0.6) is 5.75 Å². The first-order valence-corrected chi connectivity index (χ1v) is 5.76. The molecule has 0 radical (unpaired) electrons. The Kier molecular flexibility index (Phi) is 3.94. The van der Waals surface area contributed by atoms with Crippen LogP contribution in [0.1, 0.15) is 15.9 Å². The van der Waals surface area contributed by atoms with Gasteiger partial charge in [-0.25, -0.2) is 4.39 Å². The minimum absolute atomic E-state index is 0.0610. The first-order chi connectivity index (χ1) is 8.74. The lowest BCUT2D eigenvalue weighted by Gasteiger charge is -2.17. The summed E-state index contributed by atoms with van der Waals surface area (Å²) in [6.45, 7) is 0.884. The predicted octanol–water partition coefficient (Wildman–Crippen LogP) is 1.16. The van der Waals surface area contributed by atoms with Gasteiger partial charge in [0.2, 0.25) is 0 Å². The van der Waals surface area contributed by atoms with Crippen LogP contribution in [-0.2, 0) is 6.42 Å². The van der Waals surface area contributed by atoms with Gasteiger partial charge in [-0.05, 0) is 30.2 Å². The minimum Gasteiger partial charge on any atom is -0.489 e. The number of benzene rings is 1. The number of hydrogen-bond acceptors (Lipinski definition) is 3. The Morgan fingerprint density at radius 2 is 2.39 bits per heavy atom. The van der Waals surface area contributed by atoms with Crippen LogP contribution in [0.25, 0.3) is 0 Å². The zero-order chi connectivity index (χ0) is 13.0. The summed E-state index contributed by atoms with van der Waals surface area (Å²) in [6, 6.07) is 5.25. The normalized spacial score (nSPS) is 15.0. The van der Waals surface area contributed by atoms with Gasteiger partial charge in [-0.1, -0.05) is 0 Å². The fourth-order valence-electron chi connectivity index (χ4n) is 1.81. The predicted molar refractivity (Wildman–Crippen MR) is 66.2 cm³/mol. The van der Waals surface area contributed by atoms with Gasteiger partial charge in [0.1, 0.15) is 12.4 Å². The molecular weight excluding hydrogens is 235 g/mol. The van der Waals surface area contributed by atoms with E-state index < -0.39 is 0 Å². The van der Waals surface area contributed by atoms with Crippen molar-refractivity contribution in [2.45, 2.75) is 6.42 Å². The lowest BCUT2D eigenvalue weighted by molar-refractivity contribution is 0.0946. The molecule has 4 nitrogen and oxygen atoms in total. The van der Waals surface area contributed by atoms with Crippen LogP contribution in [0.3, 0.4) is 0 Å². The van der Waals surface area contributed by atoms with Crippen molar-refractivity contribution in [1.82, 2.24) is 5.32 Å². The van der Waals surface area contributed by atoms with Crippen molar-refractivity contribution in [2.24, 2.45) is 5.73 Å². The quantitative estimate of drug-likeness (QED) is 0.843. The van der Waals surface area contributed by atoms with Crippen molar-refractivity contribution < 1.29 is 13.9 Å². The van der Waals surface area contributed by atoms with Gasteiger partial charge < -0.3 is 15.8 Å². The number of halogens is 1. The largest absolute Gasteiger partial charge is 0.489 e. The third-order valence-corrected chi connectivity index (χ3v) is 2.84. The lowest BCUT2D eigenvalue weighted by Crippen LogP contribution is -2.31. The standard InChI is InChI=1S/C13H15FN2O2/c14-6-9(7-15)8-18-11-1-2-12-10(5-11)3-4-16-13(12)17/h1-2,5-6H,3-4,7-8,15H2,(H,16,17).